The minimum atomic E-state index is -3.06. The van der Waals surface area contributed by atoms with Gasteiger partial charge in [-0.05, 0) is 69.7 Å². The number of fused-ring (bicyclic) bond motifs is 2. The summed E-state index contributed by atoms with van der Waals surface area (Å²) in [7, 11) is -0.914. The van der Waals surface area contributed by atoms with Gasteiger partial charge in [0, 0.05) is 39.3 Å². The van der Waals surface area contributed by atoms with E-state index in [1.54, 1.807) is 4.31 Å². The van der Waals surface area contributed by atoms with Crippen molar-refractivity contribution >= 4 is 15.9 Å². The van der Waals surface area contributed by atoms with Crippen LogP contribution in [0.25, 0.3) is 0 Å². The van der Waals surface area contributed by atoms with E-state index in [0.717, 1.165) is 77.5 Å². The van der Waals surface area contributed by atoms with Crippen molar-refractivity contribution in [2.24, 2.45) is 16.7 Å². The Morgan fingerprint density at radius 2 is 1.63 bits per heavy atom. The van der Waals surface area contributed by atoms with E-state index < -0.39 is 10.0 Å². The molecule has 1 spiro atoms. The number of sulfonamides is 1. The van der Waals surface area contributed by atoms with Crippen LogP contribution in [-0.4, -0.2) is 80.0 Å². The van der Waals surface area contributed by atoms with E-state index in [-0.39, 0.29) is 16.1 Å². The standard InChI is InChI=1S/C20H33N3O3S/c1-21-14-17-19(8-12-23(13-9-19)27(25,26)16-4-5-16)6-7-20(17,15-21)18(24)22-10-2-3-11-22/h16-17H,2-15H2,1H3/t17-,20+/m0/s1. The van der Waals surface area contributed by atoms with Crippen LogP contribution >= 0.6 is 0 Å². The zero-order chi connectivity index (χ0) is 18.9. The zero-order valence-corrected chi connectivity index (χ0v) is 17.3. The summed E-state index contributed by atoms with van der Waals surface area (Å²) in [5.74, 6) is 0.799. The molecule has 0 aromatic heterocycles. The molecule has 27 heavy (non-hydrogen) atoms. The second-order valence-electron chi connectivity index (χ2n) is 9.91. The highest BCUT2D eigenvalue weighted by Crippen LogP contribution is 2.62. The Morgan fingerprint density at radius 3 is 2.26 bits per heavy atom. The molecule has 3 aliphatic heterocycles. The Hall–Kier alpha value is -0.660. The number of hydrogen-bond donors (Lipinski definition) is 0. The minimum absolute atomic E-state index is 0.108. The van der Waals surface area contributed by atoms with Crippen molar-refractivity contribution in [2.45, 2.75) is 56.6 Å². The summed E-state index contributed by atoms with van der Waals surface area (Å²) in [5.41, 5.74) is -0.0493. The Bertz CT molecular complexity index is 721. The maximum Gasteiger partial charge on any atom is 0.230 e. The first-order valence-corrected chi connectivity index (χ1v) is 12.3. The summed E-state index contributed by atoms with van der Waals surface area (Å²) >= 11 is 0. The topological polar surface area (TPSA) is 60.9 Å². The molecule has 6 nitrogen and oxygen atoms in total. The molecular weight excluding hydrogens is 362 g/mol. The van der Waals surface area contributed by atoms with Crippen LogP contribution in [0.5, 0.6) is 0 Å². The van der Waals surface area contributed by atoms with Gasteiger partial charge in [0.25, 0.3) is 0 Å². The fraction of sp³-hybridized carbons (Fsp3) is 0.950. The molecule has 5 fully saturated rings. The SMILES string of the molecule is CN1C[C@H]2C3(CCN(S(=O)(=O)C4CC4)CC3)CC[C@@]2(C(=O)N2CCCC2)C1. The Balaban J connectivity index is 1.36. The van der Waals surface area contributed by atoms with E-state index in [1.165, 1.54) is 0 Å². The number of piperidine rings is 1. The summed E-state index contributed by atoms with van der Waals surface area (Å²) < 4.78 is 27.0. The van der Waals surface area contributed by atoms with E-state index in [0.29, 0.717) is 24.9 Å². The monoisotopic (exact) mass is 395 g/mol. The number of nitrogens with zero attached hydrogens (tertiary/aromatic N) is 3. The van der Waals surface area contributed by atoms with Gasteiger partial charge in [-0.25, -0.2) is 12.7 Å². The number of hydrogen-bond acceptors (Lipinski definition) is 4. The molecular formula is C20H33N3O3S. The van der Waals surface area contributed by atoms with Crippen LogP contribution in [0.3, 0.4) is 0 Å². The van der Waals surface area contributed by atoms with Gasteiger partial charge in [-0.15, -0.1) is 0 Å². The number of carbonyl (C=O) groups excluding carboxylic acids is 1. The second-order valence-corrected chi connectivity index (χ2v) is 12.1. The van der Waals surface area contributed by atoms with Gasteiger partial charge in [-0.2, -0.15) is 0 Å². The molecule has 3 heterocycles. The van der Waals surface area contributed by atoms with Crippen molar-refractivity contribution in [3.8, 4) is 0 Å². The molecule has 5 aliphatic rings. The molecule has 0 aromatic carbocycles. The lowest BCUT2D eigenvalue weighted by Crippen LogP contribution is -2.50. The van der Waals surface area contributed by atoms with Crippen molar-refractivity contribution < 1.29 is 13.2 Å². The molecule has 2 atom stereocenters. The summed E-state index contributed by atoms with van der Waals surface area (Å²) in [6, 6.07) is 0. The Kier molecular flexibility index (Phi) is 4.20. The van der Waals surface area contributed by atoms with E-state index in [2.05, 4.69) is 16.8 Å². The average molecular weight is 396 g/mol. The largest absolute Gasteiger partial charge is 0.342 e. The third-order valence-electron chi connectivity index (χ3n) is 8.36. The number of amides is 1. The Labute approximate surface area is 163 Å². The molecule has 7 heteroatoms. The fourth-order valence-electron chi connectivity index (χ4n) is 6.74. The third kappa shape index (κ3) is 2.71. The van der Waals surface area contributed by atoms with Gasteiger partial charge in [0.05, 0.1) is 10.7 Å². The third-order valence-corrected chi connectivity index (χ3v) is 10.8. The van der Waals surface area contributed by atoms with Crippen molar-refractivity contribution in [1.29, 1.82) is 0 Å². The number of carbonyl (C=O) groups is 1. The highest BCUT2D eigenvalue weighted by atomic mass is 32.2. The van der Waals surface area contributed by atoms with Crippen LogP contribution < -0.4 is 0 Å². The molecule has 0 N–H and O–H groups in total. The zero-order valence-electron chi connectivity index (χ0n) is 16.5. The van der Waals surface area contributed by atoms with Crippen LogP contribution in [0.1, 0.15) is 51.4 Å². The van der Waals surface area contributed by atoms with Crippen LogP contribution in [0, 0.1) is 16.7 Å². The van der Waals surface area contributed by atoms with Crippen molar-refractivity contribution in [3.63, 3.8) is 0 Å². The van der Waals surface area contributed by atoms with Gasteiger partial charge in [-0.1, -0.05) is 0 Å². The van der Waals surface area contributed by atoms with Crippen LogP contribution in [0.2, 0.25) is 0 Å². The molecule has 0 aromatic rings. The van der Waals surface area contributed by atoms with Gasteiger partial charge in [-0.3, -0.25) is 4.79 Å². The van der Waals surface area contributed by atoms with E-state index in [4.69, 9.17) is 0 Å². The first-order chi connectivity index (χ1) is 12.9. The van der Waals surface area contributed by atoms with Crippen molar-refractivity contribution in [1.82, 2.24) is 14.1 Å². The maximum absolute atomic E-state index is 13.5. The summed E-state index contributed by atoms with van der Waals surface area (Å²) in [6.07, 6.45) is 7.92. The highest BCUT2D eigenvalue weighted by Gasteiger charge is 2.64. The van der Waals surface area contributed by atoms with Crippen LogP contribution in [0.15, 0.2) is 0 Å². The normalized spacial score (nSPS) is 37.2. The molecule has 0 radical (unpaired) electrons. The summed E-state index contributed by atoms with van der Waals surface area (Å²) in [5, 5.41) is -0.108. The molecule has 2 saturated carbocycles. The summed E-state index contributed by atoms with van der Waals surface area (Å²) in [6.45, 7) is 5.06. The number of rotatable bonds is 3. The van der Waals surface area contributed by atoms with Crippen LogP contribution in [0.4, 0.5) is 0 Å². The lowest BCUT2D eigenvalue weighted by atomic mass is 9.66. The number of likely N-dealkylation sites (tertiary alicyclic amines) is 2. The smallest absolute Gasteiger partial charge is 0.230 e. The second kappa shape index (κ2) is 6.17. The molecule has 152 valence electrons. The van der Waals surface area contributed by atoms with Gasteiger partial charge in [0.1, 0.15) is 0 Å². The minimum Gasteiger partial charge on any atom is -0.342 e. The van der Waals surface area contributed by atoms with Gasteiger partial charge in [0.15, 0.2) is 0 Å². The molecule has 2 aliphatic carbocycles. The van der Waals surface area contributed by atoms with Gasteiger partial charge < -0.3 is 9.80 Å². The lowest BCUT2D eigenvalue weighted by Gasteiger charge is -2.44. The molecule has 3 saturated heterocycles. The van der Waals surface area contributed by atoms with Gasteiger partial charge in [0.2, 0.25) is 15.9 Å². The maximum atomic E-state index is 13.5. The first-order valence-electron chi connectivity index (χ1n) is 10.8. The van der Waals surface area contributed by atoms with Gasteiger partial charge >= 0.3 is 0 Å². The predicted molar refractivity (Wildman–Crippen MR) is 104 cm³/mol. The van der Waals surface area contributed by atoms with E-state index in [1.807, 2.05) is 0 Å². The summed E-state index contributed by atoms with van der Waals surface area (Å²) in [4.78, 5) is 18.0. The molecule has 1 amide bonds. The predicted octanol–water partition coefficient (Wildman–Crippen LogP) is 1.53. The van der Waals surface area contributed by atoms with Crippen LogP contribution in [-0.2, 0) is 14.8 Å². The molecule has 5 rings (SSSR count). The molecule has 0 unspecified atom stereocenters. The highest BCUT2D eigenvalue weighted by molar-refractivity contribution is 7.90. The average Bonchev–Trinajstić information content (AvgIpc) is 3.17. The lowest BCUT2D eigenvalue weighted by molar-refractivity contribution is -0.142. The first kappa shape index (κ1) is 18.4. The quantitative estimate of drug-likeness (QED) is 0.727. The van der Waals surface area contributed by atoms with Crippen molar-refractivity contribution in [2.75, 3.05) is 46.3 Å². The van der Waals surface area contributed by atoms with E-state index >= 15 is 0 Å². The Morgan fingerprint density at radius 1 is 0.963 bits per heavy atom. The van der Waals surface area contributed by atoms with Crippen molar-refractivity contribution in [3.05, 3.63) is 0 Å². The molecule has 0 bridgehead atoms. The van der Waals surface area contributed by atoms with E-state index in [9.17, 15) is 13.2 Å². The fourth-order valence-corrected chi connectivity index (χ4v) is 8.59.